The molecule has 3 heterocycles. The molecule has 2 aliphatic heterocycles. The standard InChI is InChI=1S/C14H21N3O2/c18-14(19)11-1-2-13-16-12(9-17(13)8-11)7-10-3-5-15-6-4-10/h9-11,15H,1-8H2,(H,18,19). The number of nitrogens with one attached hydrogen (secondary N) is 1. The van der Waals surface area contributed by atoms with Crippen LogP contribution >= 0.6 is 0 Å². The van der Waals surface area contributed by atoms with Crippen LogP contribution in [0, 0.1) is 11.8 Å². The van der Waals surface area contributed by atoms with Gasteiger partial charge >= 0.3 is 5.97 Å². The van der Waals surface area contributed by atoms with Gasteiger partial charge in [0.1, 0.15) is 5.82 Å². The maximum Gasteiger partial charge on any atom is 0.308 e. The van der Waals surface area contributed by atoms with E-state index in [1.54, 1.807) is 0 Å². The van der Waals surface area contributed by atoms with Crippen LogP contribution in [0.3, 0.4) is 0 Å². The lowest BCUT2D eigenvalue weighted by atomic mass is 9.93. The summed E-state index contributed by atoms with van der Waals surface area (Å²) in [5.41, 5.74) is 1.15. The maximum absolute atomic E-state index is 11.0. The van der Waals surface area contributed by atoms with Gasteiger partial charge in [-0.2, -0.15) is 0 Å². The average molecular weight is 263 g/mol. The number of rotatable bonds is 3. The summed E-state index contributed by atoms with van der Waals surface area (Å²) in [6.07, 6.45) is 7.08. The molecule has 0 radical (unpaired) electrons. The van der Waals surface area contributed by atoms with Gasteiger partial charge in [0.05, 0.1) is 11.6 Å². The molecule has 1 atom stereocenters. The molecule has 1 aromatic heterocycles. The molecule has 0 aliphatic carbocycles. The number of hydrogen-bond acceptors (Lipinski definition) is 3. The van der Waals surface area contributed by atoms with Crippen LogP contribution in [0.4, 0.5) is 0 Å². The molecule has 0 saturated carbocycles. The van der Waals surface area contributed by atoms with Crippen LogP contribution in [0.5, 0.6) is 0 Å². The van der Waals surface area contributed by atoms with Gasteiger partial charge in [-0.1, -0.05) is 0 Å². The minimum Gasteiger partial charge on any atom is -0.481 e. The summed E-state index contributed by atoms with van der Waals surface area (Å²) in [5, 5.41) is 12.5. The molecule has 0 bridgehead atoms. The monoisotopic (exact) mass is 263 g/mol. The maximum atomic E-state index is 11.0. The van der Waals surface area contributed by atoms with Crippen molar-refractivity contribution in [2.75, 3.05) is 13.1 Å². The molecule has 2 aliphatic rings. The second kappa shape index (κ2) is 5.33. The predicted octanol–water partition coefficient (Wildman–Crippen LogP) is 1.07. The van der Waals surface area contributed by atoms with E-state index in [1.807, 2.05) is 0 Å². The van der Waals surface area contributed by atoms with Crippen molar-refractivity contribution in [2.24, 2.45) is 11.8 Å². The number of piperidine rings is 1. The van der Waals surface area contributed by atoms with Gasteiger partial charge in [0.25, 0.3) is 0 Å². The number of aryl methyl sites for hydroxylation is 1. The third-order valence-corrected chi connectivity index (χ3v) is 4.35. The first-order chi connectivity index (χ1) is 9.22. The van der Waals surface area contributed by atoms with Crippen molar-refractivity contribution >= 4 is 5.97 Å². The number of hydrogen-bond donors (Lipinski definition) is 2. The van der Waals surface area contributed by atoms with E-state index in [0.717, 1.165) is 49.8 Å². The molecule has 5 heteroatoms. The van der Waals surface area contributed by atoms with E-state index in [-0.39, 0.29) is 5.92 Å². The minimum atomic E-state index is -0.681. The van der Waals surface area contributed by atoms with Gasteiger partial charge in [-0.25, -0.2) is 4.98 Å². The van der Waals surface area contributed by atoms with Crippen LogP contribution in [-0.4, -0.2) is 33.7 Å². The molecule has 1 unspecified atom stereocenters. The van der Waals surface area contributed by atoms with E-state index >= 15 is 0 Å². The van der Waals surface area contributed by atoms with Crippen LogP contribution in [0.1, 0.15) is 30.8 Å². The molecule has 0 aromatic carbocycles. The quantitative estimate of drug-likeness (QED) is 0.856. The Morgan fingerprint density at radius 3 is 2.95 bits per heavy atom. The highest BCUT2D eigenvalue weighted by Gasteiger charge is 2.26. The van der Waals surface area contributed by atoms with Gasteiger partial charge in [-0.05, 0) is 44.7 Å². The Hall–Kier alpha value is -1.36. The minimum absolute atomic E-state index is 0.242. The van der Waals surface area contributed by atoms with Gasteiger partial charge in [0.2, 0.25) is 0 Å². The van der Waals surface area contributed by atoms with Crippen LogP contribution in [0.15, 0.2) is 6.20 Å². The van der Waals surface area contributed by atoms with Crippen molar-refractivity contribution in [1.29, 1.82) is 0 Å². The smallest absolute Gasteiger partial charge is 0.308 e. The first-order valence-corrected chi connectivity index (χ1v) is 7.21. The predicted molar refractivity (Wildman–Crippen MR) is 71.0 cm³/mol. The van der Waals surface area contributed by atoms with Gasteiger partial charge in [-0.3, -0.25) is 4.79 Å². The van der Waals surface area contributed by atoms with Gasteiger partial charge in [0.15, 0.2) is 0 Å². The Labute approximate surface area is 113 Å². The Morgan fingerprint density at radius 1 is 1.42 bits per heavy atom. The zero-order valence-corrected chi connectivity index (χ0v) is 11.1. The topological polar surface area (TPSA) is 67.2 Å². The zero-order valence-electron chi connectivity index (χ0n) is 11.1. The molecule has 1 aromatic rings. The van der Waals surface area contributed by atoms with Crippen LogP contribution < -0.4 is 5.32 Å². The highest BCUT2D eigenvalue weighted by atomic mass is 16.4. The van der Waals surface area contributed by atoms with E-state index in [9.17, 15) is 4.79 Å². The van der Waals surface area contributed by atoms with Crippen molar-refractivity contribution < 1.29 is 9.90 Å². The third-order valence-electron chi connectivity index (χ3n) is 4.35. The van der Waals surface area contributed by atoms with E-state index in [1.165, 1.54) is 12.8 Å². The number of carboxylic acids is 1. The molecule has 3 rings (SSSR count). The Bertz CT molecular complexity index is 463. The fraction of sp³-hybridized carbons (Fsp3) is 0.714. The second-order valence-electron chi connectivity index (χ2n) is 5.77. The third kappa shape index (κ3) is 2.81. The summed E-state index contributed by atoms with van der Waals surface area (Å²) in [5.74, 6) is 0.877. The SMILES string of the molecule is O=C(O)C1CCc2nc(CC3CCNCC3)cn2C1. The van der Waals surface area contributed by atoms with E-state index < -0.39 is 5.97 Å². The molecule has 104 valence electrons. The number of carbonyl (C=O) groups is 1. The molecule has 2 N–H and O–H groups in total. The Balaban J connectivity index is 1.67. The van der Waals surface area contributed by atoms with Crippen molar-refractivity contribution in [3.63, 3.8) is 0 Å². The zero-order chi connectivity index (χ0) is 13.2. The van der Waals surface area contributed by atoms with E-state index in [0.29, 0.717) is 6.54 Å². The molecule has 1 saturated heterocycles. The normalized spacial score (nSPS) is 24.1. The summed E-state index contributed by atoms with van der Waals surface area (Å²) in [6.45, 7) is 2.81. The summed E-state index contributed by atoms with van der Waals surface area (Å²) >= 11 is 0. The lowest BCUT2D eigenvalue weighted by molar-refractivity contribution is -0.142. The largest absolute Gasteiger partial charge is 0.481 e. The molecular formula is C14H21N3O2. The number of imidazole rings is 1. The summed E-state index contributed by atoms with van der Waals surface area (Å²) in [7, 11) is 0. The highest BCUT2D eigenvalue weighted by Crippen LogP contribution is 2.23. The van der Waals surface area contributed by atoms with Crippen molar-refractivity contribution in [2.45, 2.75) is 38.6 Å². The number of nitrogens with zero attached hydrogens (tertiary/aromatic N) is 2. The van der Waals surface area contributed by atoms with Crippen molar-refractivity contribution in [1.82, 2.24) is 14.9 Å². The molecular weight excluding hydrogens is 242 g/mol. The van der Waals surface area contributed by atoms with Crippen LogP contribution in [0.2, 0.25) is 0 Å². The Morgan fingerprint density at radius 2 is 2.21 bits per heavy atom. The first kappa shape index (κ1) is 12.7. The summed E-state index contributed by atoms with van der Waals surface area (Å²) < 4.78 is 2.05. The number of aromatic nitrogens is 2. The van der Waals surface area contributed by atoms with Crippen LogP contribution in [0.25, 0.3) is 0 Å². The summed E-state index contributed by atoms with van der Waals surface area (Å²) in [4.78, 5) is 15.7. The fourth-order valence-corrected chi connectivity index (χ4v) is 3.18. The number of aliphatic carboxylic acids is 1. The molecule has 0 spiro atoms. The lowest BCUT2D eigenvalue weighted by Gasteiger charge is -2.21. The molecule has 19 heavy (non-hydrogen) atoms. The summed E-state index contributed by atoms with van der Waals surface area (Å²) in [6, 6.07) is 0. The second-order valence-corrected chi connectivity index (χ2v) is 5.77. The number of fused-ring (bicyclic) bond motifs is 1. The highest BCUT2D eigenvalue weighted by molar-refractivity contribution is 5.70. The Kier molecular flexibility index (Phi) is 3.55. The van der Waals surface area contributed by atoms with Crippen molar-refractivity contribution in [3.05, 3.63) is 17.7 Å². The lowest BCUT2D eigenvalue weighted by Crippen LogP contribution is -2.28. The van der Waals surface area contributed by atoms with Crippen molar-refractivity contribution in [3.8, 4) is 0 Å². The first-order valence-electron chi connectivity index (χ1n) is 7.21. The van der Waals surface area contributed by atoms with Gasteiger partial charge in [0, 0.05) is 19.2 Å². The van der Waals surface area contributed by atoms with E-state index in [2.05, 4.69) is 21.1 Å². The van der Waals surface area contributed by atoms with Gasteiger partial charge in [-0.15, -0.1) is 0 Å². The molecule has 5 nitrogen and oxygen atoms in total. The fourth-order valence-electron chi connectivity index (χ4n) is 3.18. The molecule has 1 fully saturated rings. The average Bonchev–Trinajstić information content (AvgIpc) is 2.80. The van der Waals surface area contributed by atoms with Gasteiger partial charge < -0.3 is 15.0 Å². The van der Waals surface area contributed by atoms with E-state index in [4.69, 9.17) is 5.11 Å². The van der Waals surface area contributed by atoms with Crippen LogP contribution in [-0.2, 0) is 24.2 Å². The molecule has 0 amide bonds. The number of carboxylic acid groups (broad SMARTS) is 1.